The molecule has 0 aromatic heterocycles. The van der Waals surface area contributed by atoms with Gasteiger partial charge in [-0.15, -0.1) is 0 Å². The third kappa shape index (κ3) is 10.9. The number of aliphatic carboxylic acids is 1. The third-order valence-corrected chi connectivity index (χ3v) is 8.59. The molecule has 1 saturated heterocycles. The van der Waals surface area contributed by atoms with Crippen molar-refractivity contribution in [1.82, 2.24) is 14.5 Å². The summed E-state index contributed by atoms with van der Waals surface area (Å²) in [5.74, 6) is -0.913. The summed E-state index contributed by atoms with van der Waals surface area (Å²) >= 11 is 0. The fourth-order valence-corrected chi connectivity index (χ4v) is 5.91. The highest BCUT2D eigenvalue weighted by molar-refractivity contribution is 7.88. The number of carboxylic acid groups (broad SMARTS) is 1. The minimum Gasteiger partial charge on any atom is -0.478 e. The number of hydrogen-bond acceptors (Lipinski definition) is 6. The molecule has 1 heterocycles. The van der Waals surface area contributed by atoms with E-state index in [2.05, 4.69) is 35.6 Å². The van der Waals surface area contributed by atoms with Gasteiger partial charge in [0.2, 0.25) is 15.9 Å². The number of nitrogens with two attached hydrogens (primary N) is 1. The zero-order valence-electron chi connectivity index (χ0n) is 25.4. The zero-order valence-corrected chi connectivity index (χ0v) is 26.3. The van der Waals surface area contributed by atoms with Crippen molar-refractivity contribution >= 4 is 32.7 Å². The van der Waals surface area contributed by atoms with Crippen molar-refractivity contribution in [3.8, 4) is 0 Å². The van der Waals surface area contributed by atoms with Gasteiger partial charge in [0.15, 0.2) is 0 Å². The predicted octanol–water partition coefficient (Wildman–Crippen LogP) is 3.44. The summed E-state index contributed by atoms with van der Waals surface area (Å²) in [4.78, 5) is 25.5. The van der Waals surface area contributed by atoms with Crippen LogP contribution in [0.4, 0.5) is 0 Å². The molecule has 1 aliphatic rings. The van der Waals surface area contributed by atoms with E-state index >= 15 is 0 Å². The predicted molar refractivity (Wildman–Crippen MR) is 172 cm³/mol. The van der Waals surface area contributed by atoms with Gasteiger partial charge in [-0.3, -0.25) is 4.79 Å². The van der Waals surface area contributed by atoms with Crippen molar-refractivity contribution in [3.05, 3.63) is 96.1 Å². The lowest BCUT2D eigenvalue weighted by Gasteiger charge is -2.42. The number of nitrogens with one attached hydrogen (secondary N) is 1. The molecule has 3 aromatic carbocycles. The van der Waals surface area contributed by atoms with Crippen LogP contribution in [0, 0.1) is 0 Å². The van der Waals surface area contributed by atoms with Crippen molar-refractivity contribution in [1.29, 1.82) is 0 Å². The summed E-state index contributed by atoms with van der Waals surface area (Å²) in [6, 6.07) is 23.8. The molecule has 0 radical (unpaired) electrons. The molecule has 2 atom stereocenters. The van der Waals surface area contributed by atoms with Crippen LogP contribution in [0.15, 0.2) is 84.9 Å². The Morgan fingerprint density at radius 2 is 1.67 bits per heavy atom. The average Bonchev–Trinajstić information content (AvgIpc) is 2.95. The van der Waals surface area contributed by atoms with E-state index in [0.29, 0.717) is 38.9 Å². The van der Waals surface area contributed by atoms with Crippen LogP contribution in [0.3, 0.4) is 0 Å². The van der Waals surface area contributed by atoms with Crippen LogP contribution >= 0.6 is 0 Å². The van der Waals surface area contributed by atoms with Crippen LogP contribution in [0.5, 0.6) is 0 Å². The van der Waals surface area contributed by atoms with Crippen molar-refractivity contribution in [2.45, 2.75) is 50.7 Å². The van der Waals surface area contributed by atoms with Gasteiger partial charge in [-0.1, -0.05) is 78.9 Å². The number of piperazine rings is 1. The lowest BCUT2D eigenvalue weighted by atomic mass is 9.98. The van der Waals surface area contributed by atoms with Crippen LogP contribution in [0.25, 0.3) is 10.8 Å². The molecular weight excluding hydrogens is 564 g/mol. The van der Waals surface area contributed by atoms with Gasteiger partial charge in [-0.05, 0) is 62.1 Å². The highest BCUT2D eigenvalue weighted by Crippen LogP contribution is 2.21. The molecule has 1 amide bonds. The van der Waals surface area contributed by atoms with Crippen LogP contribution in [0.2, 0.25) is 0 Å². The Hall–Kier alpha value is -3.57. The number of fused-ring (bicyclic) bond motifs is 1. The van der Waals surface area contributed by atoms with E-state index in [4.69, 9.17) is 10.8 Å². The molecule has 0 aliphatic carbocycles. The molecule has 232 valence electrons. The molecule has 4 N–H and O–H groups in total. The molecule has 10 heteroatoms. The van der Waals surface area contributed by atoms with E-state index in [1.165, 1.54) is 15.9 Å². The van der Waals surface area contributed by atoms with Gasteiger partial charge in [0.1, 0.15) is 0 Å². The number of rotatable bonds is 10. The van der Waals surface area contributed by atoms with E-state index in [-0.39, 0.29) is 23.5 Å². The molecule has 0 saturated carbocycles. The van der Waals surface area contributed by atoms with Gasteiger partial charge in [0, 0.05) is 37.3 Å². The Kier molecular flexibility index (Phi) is 12.0. The first-order chi connectivity index (χ1) is 20.3. The molecular formula is C33H44N4O5S. The summed E-state index contributed by atoms with van der Waals surface area (Å²) < 4.78 is 25.9. The number of carboxylic acids is 1. The van der Waals surface area contributed by atoms with E-state index in [1.807, 2.05) is 68.3 Å². The smallest absolute Gasteiger partial charge is 0.327 e. The summed E-state index contributed by atoms with van der Waals surface area (Å²) in [6.45, 7) is 4.71. The third-order valence-electron chi connectivity index (χ3n) is 7.32. The fourth-order valence-electron chi connectivity index (χ4n) is 5.06. The first-order valence-corrected chi connectivity index (χ1v) is 16.2. The van der Waals surface area contributed by atoms with Crippen LogP contribution < -0.4 is 11.1 Å². The normalized spacial score (nSPS) is 17.0. The highest BCUT2D eigenvalue weighted by Gasteiger charge is 2.36. The van der Waals surface area contributed by atoms with E-state index in [1.54, 1.807) is 6.08 Å². The van der Waals surface area contributed by atoms with E-state index in [0.717, 1.165) is 22.6 Å². The second kappa shape index (κ2) is 15.2. The maximum absolute atomic E-state index is 13.6. The van der Waals surface area contributed by atoms with Gasteiger partial charge in [0.05, 0.1) is 12.3 Å². The fraction of sp³-hybridized carbons (Fsp3) is 0.394. The molecule has 0 spiro atoms. The largest absolute Gasteiger partial charge is 0.478 e. The molecule has 1 fully saturated rings. The maximum atomic E-state index is 13.6. The van der Waals surface area contributed by atoms with E-state index < -0.39 is 16.0 Å². The first kappa shape index (κ1) is 33.9. The van der Waals surface area contributed by atoms with Crippen molar-refractivity contribution in [3.63, 3.8) is 0 Å². The zero-order chi connectivity index (χ0) is 31.6. The van der Waals surface area contributed by atoms with Gasteiger partial charge in [-0.2, -0.15) is 4.31 Å². The Balaban J connectivity index is 0.000000436. The number of carbonyl (C=O) groups is 2. The van der Waals surface area contributed by atoms with E-state index in [9.17, 15) is 18.0 Å². The molecule has 1 aliphatic heterocycles. The standard InChI is InChI=1S/C26H31N3O3S.C7H13NO2/c1-27-25(18-21-12-13-22-10-6-7-11-23(22)16-21)26(30)29-15-14-28(33(2,31)32)19-24(29)17-20-8-4-3-5-9-20;1-7(2,8)5-3-4-6(9)10/h3-13,16,24-25,27H,14-15,17-19H2,1-2H3;3-4H,5,8H2,1-2H3,(H,9,10)/b;4-3+/t24-,25-;/m1./s1. The van der Waals surface area contributed by atoms with Gasteiger partial charge in [0.25, 0.3) is 0 Å². The molecule has 4 rings (SSSR count). The number of likely N-dealkylation sites (N-methyl/N-ethyl adjacent to an activating group) is 1. The van der Waals surface area contributed by atoms with Crippen molar-refractivity contribution in [2.24, 2.45) is 5.73 Å². The van der Waals surface area contributed by atoms with Crippen molar-refractivity contribution in [2.75, 3.05) is 32.9 Å². The first-order valence-electron chi connectivity index (χ1n) is 14.4. The van der Waals surface area contributed by atoms with Crippen LogP contribution in [0.1, 0.15) is 31.4 Å². The SMILES string of the molecule is CC(C)(N)C/C=C/C(=O)O.CN[C@H](Cc1ccc2ccccc2c1)C(=O)N1CCN(S(C)(=O)=O)C[C@H]1Cc1ccccc1. The van der Waals surface area contributed by atoms with Crippen LogP contribution in [-0.4, -0.2) is 85.2 Å². The minimum absolute atomic E-state index is 0.0136. The lowest BCUT2D eigenvalue weighted by molar-refractivity contribution is -0.137. The van der Waals surface area contributed by atoms with Gasteiger partial charge >= 0.3 is 5.97 Å². The number of benzene rings is 3. The number of hydrogen-bond donors (Lipinski definition) is 3. The minimum atomic E-state index is -3.32. The summed E-state index contributed by atoms with van der Waals surface area (Å²) in [6.07, 6.45) is 5.67. The second-order valence-corrected chi connectivity index (χ2v) is 13.6. The van der Waals surface area contributed by atoms with Gasteiger partial charge < -0.3 is 21.1 Å². The molecule has 0 bridgehead atoms. The quantitative estimate of drug-likeness (QED) is 0.300. The van der Waals surface area contributed by atoms with Crippen LogP contribution in [-0.2, 0) is 32.5 Å². The Bertz CT molecular complexity index is 1500. The summed E-state index contributed by atoms with van der Waals surface area (Å²) in [5.41, 5.74) is 7.45. The number of carbonyl (C=O) groups excluding carboxylic acids is 1. The molecule has 0 unspecified atom stereocenters. The monoisotopic (exact) mass is 608 g/mol. The highest BCUT2D eigenvalue weighted by atomic mass is 32.2. The lowest BCUT2D eigenvalue weighted by Crippen LogP contribution is -2.60. The van der Waals surface area contributed by atoms with Crippen molar-refractivity contribution < 1.29 is 23.1 Å². The number of sulfonamides is 1. The number of nitrogens with zero attached hydrogens (tertiary/aromatic N) is 2. The Morgan fingerprint density at radius 1 is 1.02 bits per heavy atom. The second-order valence-electron chi connectivity index (χ2n) is 11.7. The Labute approximate surface area is 255 Å². The summed E-state index contributed by atoms with van der Waals surface area (Å²) in [5, 5.41) is 13.7. The molecule has 9 nitrogen and oxygen atoms in total. The Morgan fingerprint density at radius 3 is 2.28 bits per heavy atom. The maximum Gasteiger partial charge on any atom is 0.327 e. The topological polar surface area (TPSA) is 133 Å². The summed E-state index contributed by atoms with van der Waals surface area (Å²) in [7, 11) is -1.51. The molecule has 3 aromatic rings. The van der Waals surface area contributed by atoms with Gasteiger partial charge in [-0.25, -0.2) is 13.2 Å². The number of amides is 1. The molecule has 43 heavy (non-hydrogen) atoms. The average molecular weight is 609 g/mol.